The molecule has 0 spiro atoms. The molecule has 0 aromatic heterocycles. The van der Waals surface area contributed by atoms with Gasteiger partial charge in [0.25, 0.3) is 0 Å². The van der Waals surface area contributed by atoms with E-state index < -0.39 is 0 Å². The van der Waals surface area contributed by atoms with Crippen LogP contribution in [-0.2, 0) is 4.79 Å². The van der Waals surface area contributed by atoms with Gasteiger partial charge in [0, 0.05) is 23.9 Å². The maximum Gasteiger partial charge on any atom is 0.222 e. The van der Waals surface area contributed by atoms with Gasteiger partial charge >= 0.3 is 0 Å². The second-order valence-electron chi connectivity index (χ2n) is 6.17. The summed E-state index contributed by atoms with van der Waals surface area (Å²) in [6.45, 7) is 0. The van der Waals surface area contributed by atoms with Crippen molar-refractivity contribution in [3.8, 4) is 0 Å². The molecule has 2 unspecified atom stereocenters. The van der Waals surface area contributed by atoms with Crippen LogP contribution in [0.1, 0.15) is 50.0 Å². The quantitative estimate of drug-likeness (QED) is 0.871. The molecule has 2 atom stereocenters. The Bertz CT molecular complexity index is 451. The number of hydrogen-bond acceptors (Lipinski definition) is 2. The topological polar surface area (TPSA) is 55.1 Å². The van der Waals surface area contributed by atoms with Gasteiger partial charge in [-0.3, -0.25) is 4.79 Å². The normalized spacial score (nSPS) is 28.1. The van der Waals surface area contributed by atoms with E-state index in [4.69, 9.17) is 5.73 Å². The standard InChI is InChI=1S/C16H22N2O/c17-16(8-4-5-9-16)11-15(19)18-14-10-13(14)12-6-2-1-3-7-12/h1-3,6-7,13-14H,4-5,8-11,17H2,(H,18,19). The van der Waals surface area contributed by atoms with E-state index in [0.29, 0.717) is 18.4 Å². The largest absolute Gasteiger partial charge is 0.353 e. The van der Waals surface area contributed by atoms with Crippen LogP contribution in [0, 0.1) is 0 Å². The van der Waals surface area contributed by atoms with E-state index in [1.54, 1.807) is 0 Å². The number of carbonyl (C=O) groups excluding carboxylic acids is 1. The molecule has 2 aliphatic rings. The molecule has 2 aliphatic carbocycles. The molecule has 1 aromatic rings. The first-order chi connectivity index (χ1) is 9.16. The summed E-state index contributed by atoms with van der Waals surface area (Å²) in [6.07, 6.45) is 5.87. The smallest absolute Gasteiger partial charge is 0.222 e. The maximum atomic E-state index is 12.0. The van der Waals surface area contributed by atoms with Crippen LogP contribution >= 0.6 is 0 Å². The van der Waals surface area contributed by atoms with Crippen molar-refractivity contribution in [2.24, 2.45) is 5.73 Å². The minimum Gasteiger partial charge on any atom is -0.353 e. The van der Waals surface area contributed by atoms with Gasteiger partial charge in [-0.05, 0) is 24.8 Å². The van der Waals surface area contributed by atoms with Crippen LogP contribution in [-0.4, -0.2) is 17.5 Å². The first-order valence-corrected chi connectivity index (χ1v) is 7.29. The van der Waals surface area contributed by atoms with Gasteiger partial charge in [0.1, 0.15) is 0 Å². The number of carbonyl (C=O) groups is 1. The SMILES string of the molecule is NC1(CC(=O)NC2CC2c2ccccc2)CCCC1. The second-order valence-corrected chi connectivity index (χ2v) is 6.17. The minimum atomic E-state index is -0.235. The van der Waals surface area contributed by atoms with Gasteiger partial charge in [-0.25, -0.2) is 0 Å². The molecule has 3 N–H and O–H groups in total. The lowest BCUT2D eigenvalue weighted by Crippen LogP contribution is -2.42. The molecule has 19 heavy (non-hydrogen) atoms. The molecule has 1 amide bonds. The number of benzene rings is 1. The van der Waals surface area contributed by atoms with E-state index in [9.17, 15) is 4.79 Å². The lowest BCUT2D eigenvalue weighted by molar-refractivity contribution is -0.122. The predicted octanol–water partition coefficient (Wildman–Crippen LogP) is 2.32. The molecule has 2 fully saturated rings. The molecule has 3 nitrogen and oxygen atoms in total. The van der Waals surface area contributed by atoms with E-state index in [-0.39, 0.29) is 11.4 Å². The summed E-state index contributed by atoms with van der Waals surface area (Å²) in [5.74, 6) is 0.635. The highest BCUT2D eigenvalue weighted by Gasteiger charge is 2.40. The lowest BCUT2D eigenvalue weighted by Gasteiger charge is -2.22. The zero-order valence-corrected chi connectivity index (χ0v) is 11.3. The van der Waals surface area contributed by atoms with Gasteiger partial charge in [0.05, 0.1) is 0 Å². The van der Waals surface area contributed by atoms with E-state index in [1.807, 2.05) is 6.07 Å². The molecule has 2 saturated carbocycles. The van der Waals surface area contributed by atoms with Crippen LogP contribution in [0.4, 0.5) is 0 Å². The van der Waals surface area contributed by atoms with Crippen molar-refractivity contribution in [3.05, 3.63) is 35.9 Å². The zero-order valence-electron chi connectivity index (χ0n) is 11.3. The van der Waals surface area contributed by atoms with Crippen LogP contribution in [0.25, 0.3) is 0 Å². The Balaban J connectivity index is 1.49. The molecule has 0 heterocycles. The first-order valence-electron chi connectivity index (χ1n) is 7.29. The van der Waals surface area contributed by atoms with E-state index >= 15 is 0 Å². The Morgan fingerprint density at radius 2 is 1.95 bits per heavy atom. The lowest BCUT2D eigenvalue weighted by atomic mass is 9.94. The molecule has 0 saturated heterocycles. The average molecular weight is 258 g/mol. The number of hydrogen-bond donors (Lipinski definition) is 2. The van der Waals surface area contributed by atoms with E-state index in [2.05, 4.69) is 29.6 Å². The third-order valence-corrected chi connectivity index (χ3v) is 4.48. The van der Waals surface area contributed by atoms with Crippen molar-refractivity contribution >= 4 is 5.91 Å². The van der Waals surface area contributed by atoms with Crippen molar-refractivity contribution < 1.29 is 4.79 Å². The summed E-state index contributed by atoms with van der Waals surface area (Å²) in [6, 6.07) is 10.7. The van der Waals surface area contributed by atoms with Crippen molar-refractivity contribution in [1.82, 2.24) is 5.32 Å². The third-order valence-electron chi connectivity index (χ3n) is 4.48. The van der Waals surface area contributed by atoms with Gasteiger partial charge in [-0.15, -0.1) is 0 Å². The highest BCUT2D eigenvalue weighted by atomic mass is 16.1. The van der Waals surface area contributed by atoms with Crippen LogP contribution < -0.4 is 11.1 Å². The van der Waals surface area contributed by atoms with Crippen LogP contribution in [0.2, 0.25) is 0 Å². The van der Waals surface area contributed by atoms with Crippen molar-refractivity contribution in [2.45, 2.75) is 56.0 Å². The fraction of sp³-hybridized carbons (Fsp3) is 0.562. The van der Waals surface area contributed by atoms with Gasteiger partial charge in [0.2, 0.25) is 5.91 Å². The molecule has 1 aromatic carbocycles. The molecule has 3 rings (SSSR count). The Labute approximate surface area is 114 Å². The molecular weight excluding hydrogens is 236 g/mol. The Kier molecular flexibility index (Phi) is 3.31. The molecule has 0 aliphatic heterocycles. The number of nitrogens with two attached hydrogens (primary N) is 1. The van der Waals surface area contributed by atoms with Crippen LogP contribution in [0.5, 0.6) is 0 Å². The summed E-state index contributed by atoms with van der Waals surface area (Å²) < 4.78 is 0. The zero-order chi connectivity index (χ0) is 13.3. The van der Waals surface area contributed by atoms with Crippen LogP contribution in [0.3, 0.4) is 0 Å². The highest BCUT2D eigenvalue weighted by Crippen LogP contribution is 2.41. The van der Waals surface area contributed by atoms with E-state index in [0.717, 1.165) is 19.3 Å². The fourth-order valence-corrected chi connectivity index (χ4v) is 3.26. The third kappa shape index (κ3) is 2.98. The summed E-state index contributed by atoms with van der Waals surface area (Å²) in [4.78, 5) is 12.0. The maximum absolute atomic E-state index is 12.0. The monoisotopic (exact) mass is 258 g/mol. The summed E-state index contributed by atoms with van der Waals surface area (Å²) in [5.41, 5.74) is 7.34. The van der Waals surface area contributed by atoms with Crippen molar-refractivity contribution in [1.29, 1.82) is 0 Å². The fourth-order valence-electron chi connectivity index (χ4n) is 3.26. The Morgan fingerprint density at radius 1 is 1.26 bits per heavy atom. The van der Waals surface area contributed by atoms with Crippen molar-refractivity contribution in [2.75, 3.05) is 0 Å². The molecule has 3 heteroatoms. The van der Waals surface area contributed by atoms with Gasteiger partial charge < -0.3 is 11.1 Å². The van der Waals surface area contributed by atoms with Gasteiger partial charge in [0.15, 0.2) is 0 Å². The number of rotatable bonds is 4. The van der Waals surface area contributed by atoms with Gasteiger partial charge in [-0.1, -0.05) is 43.2 Å². The van der Waals surface area contributed by atoms with Gasteiger partial charge in [-0.2, -0.15) is 0 Å². The molecule has 0 radical (unpaired) electrons. The summed E-state index contributed by atoms with van der Waals surface area (Å²) in [7, 11) is 0. The Hall–Kier alpha value is -1.35. The molecule has 0 bridgehead atoms. The molecule has 102 valence electrons. The summed E-state index contributed by atoms with van der Waals surface area (Å²) in [5, 5.41) is 3.14. The second kappa shape index (κ2) is 4.97. The number of amides is 1. The average Bonchev–Trinajstić information content (AvgIpc) is 3.02. The highest BCUT2D eigenvalue weighted by molar-refractivity contribution is 5.78. The van der Waals surface area contributed by atoms with E-state index in [1.165, 1.54) is 18.4 Å². The minimum absolute atomic E-state index is 0.132. The predicted molar refractivity (Wildman–Crippen MR) is 75.7 cm³/mol. The van der Waals surface area contributed by atoms with Crippen LogP contribution in [0.15, 0.2) is 30.3 Å². The number of nitrogens with one attached hydrogen (secondary N) is 1. The Morgan fingerprint density at radius 3 is 2.63 bits per heavy atom. The van der Waals surface area contributed by atoms with Crippen molar-refractivity contribution in [3.63, 3.8) is 0 Å². The first kappa shape index (κ1) is 12.7. The summed E-state index contributed by atoms with van der Waals surface area (Å²) >= 11 is 0. The molecular formula is C16H22N2O.